The maximum Gasteiger partial charge on any atom is 0.156 e. The monoisotopic (exact) mass is 214 g/mol. The molecule has 1 N–H and O–H groups in total. The predicted octanol–water partition coefficient (Wildman–Crippen LogP) is 1.15. The maximum atomic E-state index is 11.4. The first-order valence-electron chi connectivity index (χ1n) is 4.35. The lowest BCUT2D eigenvalue weighted by Gasteiger charge is -2.18. The third kappa shape index (κ3) is 2.56. The van der Waals surface area contributed by atoms with E-state index in [-0.39, 0.29) is 0 Å². The third-order valence-electron chi connectivity index (χ3n) is 2.03. The second-order valence-electron chi connectivity index (χ2n) is 3.40. The predicted molar refractivity (Wildman–Crippen MR) is 55.7 cm³/mol. The maximum absolute atomic E-state index is 11.4. The minimum atomic E-state index is -3.27. The van der Waals surface area contributed by atoms with Crippen LogP contribution in [0, 0.1) is 0 Å². The van der Waals surface area contributed by atoms with E-state index in [1.54, 1.807) is 24.3 Å². The van der Waals surface area contributed by atoms with E-state index in [0.29, 0.717) is 5.56 Å². The number of benzene rings is 1. The molecule has 1 aromatic carbocycles. The van der Waals surface area contributed by atoms with Crippen molar-refractivity contribution in [2.75, 3.05) is 6.26 Å². The smallest absolute Gasteiger partial charge is 0.156 e. The van der Waals surface area contributed by atoms with E-state index in [1.165, 1.54) is 6.92 Å². The lowest BCUT2D eigenvalue weighted by atomic mass is 10.1. The molecule has 3 nitrogen and oxygen atoms in total. The molecule has 0 unspecified atom stereocenters. The van der Waals surface area contributed by atoms with Crippen LogP contribution >= 0.6 is 0 Å². The number of aliphatic hydroxyl groups is 1. The van der Waals surface area contributed by atoms with Crippen LogP contribution in [0.2, 0.25) is 0 Å². The zero-order chi connectivity index (χ0) is 10.8. The van der Waals surface area contributed by atoms with E-state index < -0.39 is 21.2 Å². The van der Waals surface area contributed by atoms with Gasteiger partial charge in [0.2, 0.25) is 0 Å². The van der Waals surface area contributed by atoms with Crippen molar-refractivity contribution in [2.45, 2.75) is 18.3 Å². The second-order valence-corrected chi connectivity index (χ2v) is 5.57. The van der Waals surface area contributed by atoms with Gasteiger partial charge < -0.3 is 5.11 Å². The zero-order valence-electron chi connectivity index (χ0n) is 8.21. The molecule has 0 bridgehead atoms. The van der Waals surface area contributed by atoms with E-state index >= 15 is 0 Å². The van der Waals surface area contributed by atoms with E-state index in [2.05, 4.69) is 0 Å². The molecule has 2 atom stereocenters. The first kappa shape index (κ1) is 11.2. The highest BCUT2D eigenvalue weighted by molar-refractivity contribution is 7.91. The highest BCUT2D eigenvalue weighted by Gasteiger charge is 2.27. The van der Waals surface area contributed by atoms with Gasteiger partial charge in [-0.15, -0.1) is 0 Å². The summed E-state index contributed by atoms with van der Waals surface area (Å²) < 4.78 is 22.8. The average molecular weight is 214 g/mol. The molecule has 0 saturated heterocycles. The fraction of sp³-hybridized carbons (Fsp3) is 0.400. The topological polar surface area (TPSA) is 54.4 Å². The van der Waals surface area contributed by atoms with Crippen molar-refractivity contribution in [3.05, 3.63) is 35.9 Å². The largest absolute Gasteiger partial charge is 0.392 e. The molecule has 1 rings (SSSR count). The molecule has 4 heteroatoms. The van der Waals surface area contributed by atoms with Gasteiger partial charge in [0.25, 0.3) is 0 Å². The van der Waals surface area contributed by atoms with Crippen LogP contribution < -0.4 is 0 Å². The summed E-state index contributed by atoms with van der Waals surface area (Å²) in [6.07, 6.45) is 0.240. The van der Waals surface area contributed by atoms with Gasteiger partial charge >= 0.3 is 0 Å². The minimum Gasteiger partial charge on any atom is -0.392 e. The van der Waals surface area contributed by atoms with Crippen LogP contribution in [0.3, 0.4) is 0 Å². The van der Waals surface area contributed by atoms with E-state index in [4.69, 9.17) is 0 Å². The van der Waals surface area contributed by atoms with E-state index in [9.17, 15) is 13.5 Å². The summed E-state index contributed by atoms with van der Waals surface area (Å²) >= 11 is 0. The Morgan fingerprint density at radius 3 is 2.07 bits per heavy atom. The first-order chi connectivity index (χ1) is 6.43. The van der Waals surface area contributed by atoms with Gasteiger partial charge in [-0.25, -0.2) is 8.42 Å². The van der Waals surface area contributed by atoms with Crippen molar-refractivity contribution in [3.8, 4) is 0 Å². The van der Waals surface area contributed by atoms with Crippen molar-refractivity contribution in [3.63, 3.8) is 0 Å². The fourth-order valence-electron chi connectivity index (χ4n) is 1.53. The Hall–Kier alpha value is -0.870. The number of aliphatic hydroxyl groups excluding tert-OH is 1. The zero-order valence-corrected chi connectivity index (χ0v) is 9.03. The first-order valence-corrected chi connectivity index (χ1v) is 6.30. The molecular weight excluding hydrogens is 200 g/mol. The van der Waals surface area contributed by atoms with Crippen molar-refractivity contribution in [1.82, 2.24) is 0 Å². The molecular formula is C10H14O3S. The Morgan fingerprint density at radius 2 is 1.71 bits per heavy atom. The summed E-state index contributed by atoms with van der Waals surface area (Å²) in [6.45, 7) is 1.48. The Kier molecular flexibility index (Phi) is 3.29. The summed E-state index contributed by atoms with van der Waals surface area (Å²) in [5, 5.41) is 8.59. The standard InChI is InChI=1S/C10H14O3S/c1-8(11)10(14(2,12)13)9-6-4-3-5-7-9/h3-8,10-11H,1-2H3/t8-,10+/m1/s1. The van der Waals surface area contributed by atoms with Gasteiger partial charge in [0.1, 0.15) is 5.25 Å². The highest BCUT2D eigenvalue weighted by atomic mass is 32.2. The van der Waals surface area contributed by atoms with Gasteiger partial charge in [0.15, 0.2) is 9.84 Å². The van der Waals surface area contributed by atoms with Crippen LogP contribution in [0.4, 0.5) is 0 Å². The van der Waals surface area contributed by atoms with Crippen molar-refractivity contribution >= 4 is 9.84 Å². The van der Waals surface area contributed by atoms with Crippen molar-refractivity contribution in [1.29, 1.82) is 0 Å². The molecule has 0 amide bonds. The Balaban J connectivity index is 3.15. The molecule has 1 aromatic rings. The average Bonchev–Trinajstić information content (AvgIpc) is 2.02. The Morgan fingerprint density at radius 1 is 1.21 bits per heavy atom. The lowest BCUT2D eigenvalue weighted by molar-refractivity contribution is 0.188. The molecule has 78 valence electrons. The molecule has 14 heavy (non-hydrogen) atoms. The normalized spacial score (nSPS) is 16.2. The van der Waals surface area contributed by atoms with Crippen LogP contribution in [0.1, 0.15) is 17.7 Å². The molecule has 0 aliphatic carbocycles. The van der Waals surface area contributed by atoms with Crippen molar-refractivity contribution in [2.24, 2.45) is 0 Å². The molecule has 0 aromatic heterocycles. The van der Waals surface area contributed by atoms with E-state index in [1.807, 2.05) is 6.07 Å². The molecule has 0 saturated carbocycles. The van der Waals surface area contributed by atoms with E-state index in [0.717, 1.165) is 6.26 Å². The fourth-order valence-corrected chi connectivity index (χ4v) is 2.89. The van der Waals surface area contributed by atoms with Crippen molar-refractivity contribution < 1.29 is 13.5 Å². The van der Waals surface area contributed by atoms with Gasteiger partial charge in [-0.3, -0.25) is 0 Å². The summed E-state index contributed by atoms with van der Waals surface area (Å²) in [7, 11) is -3.27. The molecule has 0 spiro atoms. The van der Waals surface area contributed by atoms with Gasteiger partial charge in [-0.1, -0.05) is 30.3 Å². The summed E-state index contributed by atoms with van der Waals surface area (Å²) in [4.78, 5) is 0. The number of sulfone groups is 1. The van der Waals surface area contributed by atoms with Gasteiger partial charge in [-0.2, -0.15) is 0 Å². The molecule has 0 aliphatic rings. The van der Waals surface area contributed by atoms with Gasteiger partial charge in [0, 0.05) is 6.26 Å². The molecule has 0 fully saturated rings. The van der Waals surface area contributed by atoms with Crippen LogP contribution in [0.25, 0.3) is 0 Å². The highest BCUT2D eigenvalue weighted by Crippen LogP contribution is 2.24. The van der Waals surface area contributed by atoms with Crippen LogP contribution in [-0.2, 0) is 9.84 Å². The second kappa shape index (κ2) is 4.11. The molecule has 0 aliphatic heterocycles. The van der Waals surface area contributed by atoms with Gasteiger partial charge in [-0.05, 0) is 12.5 Å². The summed E-state index contributed by atoms with van der Waals surface area (Å²) in [5.74, 6) is 0. The quantitative estimate of drug-likeness (QED) is 0.821. The Bertz CT molecular complexity index is 381. The SMILES string of the molecule is C[C@@H](O)[C@@H](c1ccccc1)S(C)(=O)=O. The Labute approximate surface area is 84.3 Å². The minimum absolute atomic E-state index is 0.630. The van der Waals surface area contributed by atoms with Gasteiger partial charge in [0.05, 0.1) is 6.10 Å². The molecule has 0 heterocycles. The number of hydrogen-bond acceptors (Lipinski definition) is 3. The number of rotatable bonds is 3. The van der Waals surface area contributed by atoms with Crippen LogP contribution in [0.15, 0.2) is 30.3 Å². The summed E-state index contributed by atoms with van der Waals surface area (Å²) in [5.41, 5.74) is 0.630. The lowest BCUT2D eigenvalue weighted by Crippen LogP contribution is -2.22. The summed E-state index contributed by atoms with van der Waals surface area (Å²) in [6, 6.07) is 8.74. The third-order valence-corrected chi connectivity index (χ3v) is 3.62. The van der Waals surface area contributed by atoms with Crippen LogP contribution in [0.5, 0.6) is 0 Å². The molecule has 0 radical (unpaired) electrons. The number of hydrogen-bond donors (Lipinski definition) is 1. The van der Waals surface area contributed by atoms with Crippen LogP contribution in [-0.4, -0.2) is 25.9 Å².